The highest BCUT2D eigenvalue weighted by atomic mass is 16.3. The predicted octanol–water partition coefficient (Wildman–Crippen LogP) is 1.50. The van der Waals surface area contributed by atoms with E-state index >= 15 is 0 Å². The van der Waals surface area contributed by atoms with E-state index < -0.39 is 63.7 Å². The Balaban J connectivity index is 1.74. The van der Waals surface area contributed by atoms with Gasteiger partial charge in [0, 0.05) is 36.8 Å². The van der Waals surface area contributed by atoms with Gasteiger partial charge in [0.15, 0.2) is 11.4 Å². The Hall–Kier alpha value is -4.99. The Labute approximate surface area is 246 Å². The number of carbonyl (C=O) groups excluding carboxylic acids is 3. The van der Waals surface area contributed by atoms with Gasteiger partial charge in [0.25, 0.3) is 5.91 Å². The van der Waals surface area contributed by atoms with Gasteiger partial charge in [0.05, 0.1) is 17.2 Å². The number of amides is 1. The van der Waals surface area contributed by atoms with Crippen molar-refractivity contribution < 1.29 is 34.8 Å². The van der Waals surface area contributed by atoms with Gasteiger partial charge in [-0.2, -0.15) is 0 Å². The number of primary amides is 1. The van der Waals surface area contributed by atoms with Crippen LogP contribution in [0.2, 0.25) is 0 Å². The van der Waals surface area contributed by atoms with Gasteiger partial charge in [0.2, 0.25) is 5.78 Å². The Bertz CT molecular complexity index is 1750. The fourth-order valence-electron chi connectivity index (χ4n) is 6.64. The van der Waals surface area contributed by atoms with Gasteiger partial charge in [-0.05, 0) is 67.9 Å². The zero-order valence-electron chi connectivity index (χ0n) is 23.9. The van der Waals surface area contributed by atoms with Crippen molar-refractivity contribution in [1.29, 1.82) is 0 Å². The summed E-state index contributed by atoms with van der Waals surface area (Å²) in [6, 6.07) is 6.71. The lowest BCUT2D eigenvalue weighted by molar-refractivity contribution is -0.144. The Morgan fingerprint density at radius 3 is 2.37 bits per heavy atom. The minimum Gasteiger partial charge on any atom is -0.510 e. The Kier molecular flexibility index (Phi) is 7.12. The van der Waals surface area contributed by atoms with Crippen LogP contribution in [0.1, 0.15) is 33.5 Å². The van der Waals surface area contributed by atoms with E-state index in [4.69, 9.17) is 5.73 Å². The average Bonchev–Trinajstić information content (AvgIpc) is 2.92. The largest absolute Gasteiger partial charge is 0.510 e. The number of allylic oxidation sites excluding steroid dienone is 1. The first-order valence-corrected chi connectivity index (χ1v) is 13.4. The molecule has 0 unspecified atom stereocenters. The lowest BCUT2D eigenvalue weighted by Gasteiger charge is -2.50. The molecule has 43 heavy (non-hydrogen) atoms. The fraction of sp³-hybridized carbons (Fsp3) is 0.323. The fourth-order valence-corrected chi connectivity index (χ4v) is 6.64. The number of Topliss-reactive ketones (excluding diaryl/α,β-unsaturated/α-hetero) is 2. The van der Waals surface area contributed by atoms with Crippen molar-refractivity contribution in [2.24, 2.45) is 22.7 Å². The topological polar surface area (TPSA) is 194 Å². The number of likely N-dealkylation sites (N-methyl/N-ethyl adjacent to an activating group) is 1. The van der Waals surface area contributed by atoms with Gasteiger partial charge < -0.3 is 31.1 Å². The van der Waals surface area contributed by atoms with Crippen molar-refractivity contribution in [1.82, 2.24) is 4.90 Å². The Morgan fingerprint density at radius 1 is 1.09 bits per heavy atom. The van der Waals surface area contributed by atoms with Crippen molar-refractivity contribution in [3.63, 3.8) is 0 Å². The van der Waals surface area contributed by atoms with Crippen LogP contribution in [0.25, 0.3) is 0 Å². The average molecular weight is 587 g/mol. The number of fused-ring (bicyclic) bond motifs is 3. The molecule has 0 saturated carbocycles. The molecule has 4 atom stereocenters. The number of nitrogens with zero attached hydrogens (tertiary/aromatic N) is 3. The number of aliphatic hydroxyl groups is 2. The number of carbonyl (C=O) groups is 3. The second kappa shape index (κ2) is 10.4. The molecule has 0 fully saturated rings. The van der Waals surface area contributed by atoms with Crippen molar-refractivity contribution in [3.8, 4) is 23.3 Å². The summed E-state index contributed by atoms with van der Waals surface area (Å²) in [6.07, 6.45) is 0.0955. The minimum atomic E-state index is -2.74. The normalized spacial score (nSPS) is 24.6. The molecular formula is C31H30N4O8. The molecule has 0 aromatic heterocycles. The van der Waals surface area contributed by atoms with E-state index in [1.807, 2.05) is 0 Å². The van der Waals surface area contributed by atoms with E-state index in [0.29, 0.717) is 16.8 Å². The molecule has 5 rings (SSSR count). The summed E-state index contributed by atoms with van der Waals surface area (Å²) in [4.78, 5) is 55.7. The van der Waals surface area contributed by atoms with Crippen LogP contribution in [0, 0.1) is 28.6 Å². The van der Waals surface area contributed by atoms with Gasteiger partial charge in [-0.25, -0.2) is 0 Å². The molecule has 0 bridgehead atoms. The maximum absolute atomic E-state index is 14.2. The van der Waals surface area contributed by atoms with Crippen molar-refractivity contribution in [2.45, 2.75) is 24.5 Å². The molecule has 0 heterocycles. The van der Waals surface area contributed by atoms with Crippen LogP contribution >= 0.6 is 0 Å². The van der Waals surface area contributed by atoms with Crippen LogP contribution in [0.5, 0.6) is 11.5 Å². The number of phenols is 2. The highest BCUT2D eigenvalue weighted by molar-refractivity contribution is 6.25. The first-order valence-electron chi connectivity index (χ1n) is 13.4. The van der Waals surface area contributed by atoms with E-state index in [1.54, 1.807) is 51.3 Å². The van der Waals surface area contributed by atoms with Gasteiger partial charge in [-0.1, -0.05) is 17.9 Å². The summed E-state index contributed by atoms with van der Waals surface area (Å²) < 4.78 is 0. The van der Waals surface area contributed by atoms with Gasteiger partial charge in [-0.15, -0.1) is 4.91 Å². The second-order valence-corrected chi connectivity index (χ2v) is 11.4. The molecule has 12 heteroatoms. The molecular weight excluding hydrogens is 556 g/mol. The van der Waals surface area contributed by atoms with Crippen molar-refractivity contribution in [3.05, 3.63) is 80.1 Å². The first-order chi connectivity index (χ1) is 20.2. The standard InChI is InChI=1S/C31H30N4O8/c1-34(2)20-13-15(9-8-14-6-5-7-17(36)10-14)25(37)22-18(20)11-16-12-19-24(35(3)4)27(39)23(30(32)41)29(40)31(19,42)28(33-43)21(16)26(22)38/h5-7,10,13,16,19,24,36-37,39,42H,11-12H2,1-4H3,(H2,32,41)/t16-,19-,24-,31-/m0/s1. The highest BCUT2D eigenvalue weighted by Gasteiger charge is 2.63. The van der Waals surface area contributed by atoms with Crippen LogP contribution in [0.4, 0.5) is 5.69 Å². The SMILES string of the molecule is CN(C)c1cc(C#Cc2cccc(O)c2)c(O)c2c1C[C@H]1C[C@H]3[C@H](N(C)C)C(O)=C(C(N)=O)C(=O)[C@@]3(O)C(N=O)=C1C2=O. The molecule has 12 nitrogen and oxygen atoms in total. The predicted molar refractivity (Wildman–Crippen MR) is 155 cm³/mol. The molecule has 6 N–H and O–H groups in total. The monoisotopic (exact) mass is 586 g/mol. The van der Waals surface area contributed by atoms with Gasteiger partial charge in [-0.3, -0.25) is 19.3 Å². The number of rotatable bonds is 4. The molecule has 2 aromatic carbocycles. The number of anilines is 1. The van der Waals surface area contributed by atoms with E-state index in [2.05, 4.69) is 17.0 Å². The Morgan fingerprint density at radius 2 is 1.79 bits per heavy atom. The smallest absolute Gasteiger partial charge is 0.255 e. The summed E-state index contributed by atoms with van der Waals surface area (Å²) in [5.41, 5.74) is 2.21. The summed E-state index contributed by atoms with van der Waals surface area (Å²) >= 11 is 0. The number of hydrogen-bond donors (Lipinski definition) is 5. The van der Waals surface area contributed by atoms with Crippen molar-refractivity contribution >= 4 is 23.2 Å². The van der Waals surface area contributed by atoms with E-state index in [1.165, 1.54) is 17.0 Å². The lowest BCUT2D eigenvalue weighted by atomic mass is 9.58. The summed E-state index contributed by atoms with van der Waals surface area (Å²) in [6.45, 7) is 0. The van der Waals surface area contributed by atoms with Crippen LogP contribution < -0.4 is 10.6 Å². The number of nitroso groups, excluding NO2 is 1. The van der Waals surface area contributed by atoms with E-state index in [0.717, 1.165) is 0 Å². The third-order valence-electron chi connectivity index (χ3n) is 8.46. The zero-order valence-corrected chi connectivity index (χ0v) is 23.9. The van der Waals surface area contributed by atoms with Crippen LogP contribution in [-0.4, -0.2) is 82.6 Å². The third-order valence-corrected chi connectivity index (χ3v) is 8.46. The molecule has 3 aliphatic rings. The maximum Gasteiger partial charge on any atom is 0.255 e. The van der Waals surface area contributed by atoms with Crippen LogP contribution in [-0.2, 0) is 16.0 Å². The second-order valence-electron chi connectivity index (χ2n) is 11.4. The number of aromatic hydroxyl groups is 2. The third kappa shape index (κ3) is 4.36. The molecule has 0 saturated heterocycles. The van der Waals surface area contributed by atoms with Gasteiger partial charge in [0.1, 0.15) is 28.5 Å². The number of ketones is 2. The summed E-state index contributed by atoms with van der Waals surface area (Å²) in [7, 11) is 6.63. The molecule has 3 aliphatic carbocycles. The number of benzene rings is 2. The van der Waals surface area contributed by atoms with E-state index in [-0.39, 0.29) is 35.3 Å². The lowest BCUT2D eigenvalue weighted by Crippen LogP contribution is -2.63. The molecule has 2 aromatic rings. The molecule has 222 valence electrons. The number of aliphatic hydroxyl groups excluding tert-OH is 1. The van der Waals surface area contributed by atoms with Crippen molar-refractivity contribution in [2.75, 3.05) is 33.1 Å². The zero-order chi connectivity index (χ0) is 31.5. The van der Waals surface area contributed by atoms with E-state index in [9.17, 15) is 39.7 Å². The van der Waals surface area contributed by atoms with Gasteiger partial charge >= 0.3 is 0 Å². The van der Waals surface area contributed by atoms with Crippen LogP contribution in [0.15, 0.2) is 58.1 Å². The number of phenolic OH excluding ortho intramolecular Hbond substituents is 2. The molecule has 0 radical (unpaired) electrons. The molecule has 0 aliphatic heterocycles. The summed E-state index contributed by atoms with van der Waals surface area (Å²) in [5.74, 6) is -0.717. The maximum atomic E-state index is 14.2. The molecule has 1 amide bonds. The highest BCUT2D eigenvalue weighted by Crippen LogP contribution is 2.54. The number of nitrogens with two attached hydrogens (primary N) is 1. The quantitative estimate of drug-likeness (QED) is 0.199. The number of hydrogen-bond acceptors (Lipinski definition) is 11. The molecule has 0 spiro atoms. The minimum absolute atomic E-state index is 0.00227. The first kappa shape index (κ1) is 29.5. The van der Waals surface area contributed by atoms with Crippen LogP contribution in [0.3, 0.4) is 0 Å². The summed E-state index contributed by atoms with van der Waals surface area (Å²) in [5, 5.41) is 47.0.